The number of benzene rings is 2. The van der Waals surface area contributed by atoms with Gasteiger partial charge in [0.15, 0.2) is 0 Å². The lowest BCUT2D eigenvalue weighted by Crippen LogP contribution is -2.32. The summed E-state index contributed by atoms with van der Waals surface area (Å²) in [5.41, 5.74) is 3.17. The van der Waals surface area contributed by atoms with Gasteiger partial charge in [0.25, 0.3) is 0 Å². The first-order valence-electron chi connectivity index (χ1n) is 6.73. The highest BCUT2D eigenvalue weighted by Gasteiger charge is 2.13. The van der Waals surface area contributed by atoms with E-state index in [2.05, 4.69) is 15.8 Å². The van der Waals surface area contributed by atoms with Gasteiger partial charge in [-0.05, 0) is 35.9 Å². The molecule has 0 atom stereocenters. The van der Waals surface area contributed by atoms with Gasteiger partial charge in [0.05, 0.1) is 18.3 Å². The summed E-state index contributed by atoms with van der Waals surface area (Å²) in [5.74, 6) is -1.33. The smallest absolute Gasteiger partial charge is 0.329 e. The molecule has 2 amide bonds. The molecule has 2 aromatic rings. The number of nitrogens with zero attached hydrogens (tertiary/aromatic N) is 1. The van der Waals surface area contributed by atoms with E-state index in [0.717, 1.165) is 0 Å². The van der Waals surface area contributed by atoms with Crippen molar-refractivity contribution in [1.29, 1.82) is 0 Å². The van der Waals surface area contributed by atoms with E-state index < -0.39 is 11.8 Å². The van der Waals surface area contributed by atoms with E-state index in [-0.39, 0.29) is 0 Å². The number of anilines is 1. The molecule has 0 fully saturated rings. The molecule has 2 rings (SSSR count). The van der Waals surface area contributed by atoms with Gasteiger partial charge in [-0.2, -0.15) is 5.10 Å². The molecule has 24 heavy (non-hydrogen) atoms. The van der Waals surface area contributed by atoms with Crippen LogP contribution in [0.3, 0.4) is 0 Å². The van der Waals surface area contributed by atoms with Crippen molar-refractivity contribution in [2.75, 3.05) is 12.4 Å². The number of nitrogens with one attached hydrogen (secondary N) is 2. The average Bonchev–Trinajstić information content (AvgIpc) is 2.55. The van der Waals surface area contributed by atoms with Crippen LogP contribution in [0.2, 0.25) is 10.0 Å². The van der Waals surface area contributed by atoms with Gasteiger partial charge in [0.2, 0.25) is 0 Å². The van der Waals surface area contributed by atoms with Gasteiger partial charge in [0, 0.05) is 10.7 Å². The zero-order valence-corrected chi connectivity index (χ0v) is 14.1. The molecule has 0 saturated carbocycles. The number of halogens is 2. The standard InChI is InChI=1S/C16H13Cl2N3O3/c1-24-14-6-5-12(8-13(14)18)20-15(22)16(23)21-19-9-10-3-2-4-11(17)7-10/h2-9H,1H3,(H,20,22)(H,21,23)/b19-9-. The first-order chi connectivity index (χ1) is 11.5. The largest absolute Gasteiger partial charge is 0.495 e. The molecule has 8 heteroatoms. The van der Waals surface area contributed by atoms with Gasteiger partial charge in [-0.25, -0.2) is 5.43 Å². The van der Waals surface area contributed by atoms with Crippen molar-refractivity contribution in [2.24, 2.45) is 5.10 Å². The molecular formula is C16H13Cl2N3O3. The summed E-state index contributed by atoms with van der Waals surface area (Å²) in [7, 11) is 1.48. The lowest BCUT2D eigenvalue weighted by molar-refractivity contribution is -0.136. The second kappa shape index (κ2) is 8.33. The Morgan fingerprint density at radius 3 is 2.58 bits per heavy atom. The zero-order chi connectivity index (χ0) is 17.5. The summed E-state index contributed by atoms with van der Waals surface area (Å²) in [5, 5.41) is 6.96. The molecule has 0 saturated heterocycles. The Kier molecular flexibility index (Phi) is 6.17. The van der Waals surface area contributed by atoms with Crippen molar-refractivity contribution in [2.45, 2.75) is 0 Å². The van der Waals surface area contributed by atoms with Gasteiger partial charge >= 0.3 is 11.8 Å². The molecule has 0 unspecified atom stereocenters. The van der Waals surface area contributed by atoms with Gasteiger partial charge in [0.1, 0.15) is 5.75 Å². The Bertz CT molecular complexity index is 794. The fraction of sp³-hybridized carbons (Fsp3) is 0.0625. The Balaban J connectivity index is 1.92. The maximum absolute atomic E-state index is 11.8. The first-order valence-corrected chi connectivity index (χ1v) is 7.48. The minimum absolute atomic E-state index is 0.315. The lowest BCUT2D eigenvalue weighted by Gasteiger charge is -2.07. The quantitative estimate of drug-likeness (QED) is 0.496. The number of hydrogen-bond donors (Lipinski definition) is 2. The third-order valence-corrected chi connectivity index (χ3v) is 3.37. The molecule has 2 N–H and O–H groups in total. The molecule has 0 radical (unpaired) electrons. The van der Waals surface area contributed by atoms with Crippen LogP contribution in [0.5, 0.6) is 5.75 Å². The van der Waals surface area contributed by atoms with E-state index in [1.807, 2.05) is 0 Å². The van der Waals surface area contributed by atoms with Crippen LogP contribution in [0.4, 0.5) is 5.69 Å². The molecule has 0 aliphatic heterocycles. The SMILES string of the molecule is COc1ccc(NC(=O)C(=O)N/N=C\c2cccc(Cl)c2)cc1Cl. The van der Waals surface area contributed by atoms with Crippen molar-refractivity contribution >= 4 is 46.9 Å². The number of hydrogen-bond acceptors (Lipinski definition) is 4. The highest BCUT2D eigenvalue weighted by molar-refractivity contribution is 6.40. The van der Waals surface area contributed by atoms with Crippen LogP contribution in [0, 0.1) is 0 Å². The van der Waals surface area contributed by atoms with E-state index in [4.69, 9.17) is 27.9 Å². The number of hydrazone groups is 1. The summed E-state index contributed by atoms with van der Waals surface area (Å²) in [6.07, 6.45) is 1.38. The fourth-order valence-electron chi connectivity index (χ4n) is 1.74. The average molecular weight is 366 g/mol. The van der Waals surface area contributed by atoms with Crippen molar-refractivity contribution in [3.05, 3.63) is 58.1 Å². The number of rotatable bonds is 4. The molecular weight excluding hydrogens is 353 g/mol. The predicted molar refractivity (Wildman–Crippen MR) is 93.8 cm³/mol. The van der Waals surface area contributed by atoms with Crippen LogP contribution in [0.1, 0.15) is 5.56 Å². The molecule has 0 spiro atoms. The third kappa shape index (κ3) is 4.97. The molecule has 0 aliphatic rings. The minimum atomic E-state index is -0.916. The number of carbonyl (C=O) groups excluding carboxylic acids is 2. The second-order valence-corrected chi connectivity index (χ2v) is 5.40. The summed E-state index contributed by atoms with van der Waals surface area (Å²) >= 11 is 11.8. The van der Waals surface area contributed by atoms with Crippen molar-refractivity contribution in [1.82, 2.24) is 5.43 Å². The van der Waals surface area contributed by atoms with Crippen molar-refractivity contribution < 1.29 is 14.3 Å². The number of carbonyl (C=O) groups is 2. The van der Waals surface area contributed by atoms with Crippen LogP contribution in [-0.2, 0) is 9.59 Å². The lowest BCUT2D eigenvalue weighted by atomic mass is 10.2. The van der Waals surface area contributed by atoms with Crippen LogP contribution in [0.25, 0.3) is 0 Å². The molecule has 0 heterocycles. The van der Waals surface area contributed by atoms with Gasteiger partial charge in [-0.3, -0.25) is 9.59 Å². The Hall–Kier alpha value is -2.57. The number of methoxy groups -OCH3 is 1. The van der Waals surface area contributed by atoms with Crippen LogP contribution in [-0.4, -0.2) is 25.1 Å². The summed E-state index contributed by atoms with van der Waals surface area (Å²) in [6.45, 7) is 0. The van der Waals surface area contributed by atoms with E-state index in [1.54, 1.807) is 36.4 Å². The normalized spacial score (nSPS) is 10.5. The van der Waals surface area contributed by atoms with Gasteiger partial charge in [-0.15, -0.1) is 0 Å². The van der Waals surface area contributed by atoms with E-state index in [9.17, 15) is 9.59 Å². The Morgan fingerprint density at radius 1 is 1.12 bits per heavy atom. The van der Waals surface area contributed by atoms with E-state index in [0.29, 0.717) is 27.0 Å². The molecule has 2 aromatic carbocycles. The summed E-state index contributed by atoms with van der Waals surface area (Å²) in [4.78, 5) is 23.5. The zero-order valence-electron chi connectivity index (χ0n) is 12.5. The predicted octanol–water partition coefficient (Wildman–Crippen LogP) is 3.09. The molecule has 6 nitrogen and oxygen atoms in total. The highest BCUT2D eigenvalue weighted by atomic mass is 35.5. The van der Waals surface area contributed by atoms with Crippen LogP contribution in [0.15, 0.2) is 47.6 Å². The first kappa shape index (κ1) is 17.8. The number of ether oxygens (including phenoxy) is 1. The molecule has 0 aliphatic carbocycles. The maximum atomic E-state index is 11.8. The van der Waals surface area contributed by atoms with Crippen molar-refractivity contribution in [3.63, 3.8) is 0 Å². The van der Waals surface area contributed by atoms with Crippen molar-refractivity contribution in [3.8, 4) is 5.75 Å². The molecule has 0 bridgehead atoms. The number of amides is 2. The Morgan fingerprint density at radius 2 is 1.92 bits per heavy atom. The Labute approximate surface area is 148 Å². The fourth-order valence-corrected chi connectivity index (χ4v) is 2.19. The van der Waals surface area contributed by atoms with E-state index in [1.165, 1.54) is 19.4 Å². The van der Waals surface area contributed by atoms with Gasteiger partial charge < -0.3 is 10.1 Å². The molecule has 0 aromatic heterocycles. The summed E-state index contributed by atoms with van der Waals surface area (Å²) < 4.78 is 5.00. The third-order valence-electron chi connectivity index (χ3n) is 2.84. The minimum Gasteiger partial charge on any atom is -0.495 e. The summed E-state index contributed by atoms with van der Waals surface area (Å²) in [6, 6.07) is 11.5. The van der Waals surface area contributed by atoms with Gasteiger partial charge in [-0.1, -0.05) is 35.3 Å². The van der Waals surface area contributed by atoms with E-state index >= 15 is 0 Å². The maximum Gasteiger partial charge on any atom is 0.329 e. The monoisotopic (exact) mass is 365 g/mol. The van der Waals surface area contributed by atoms with Crippen LogP contribution >= 0.6 is 23.2 Å². The molecule has 124 valence electrons. The highest BCUT2D eigenvalue weighted by Crippen LogP contribution is 2.27. The van der Waals surface area contributed by atoms with Crippen LogP contribution < -0.4 is 15.5 Å². The topological polar surface area (TPSA) is 79.8 Å². The second-order valence-electron chi connectivity index (χ2n) is 4.56.